The van der Waals surface area contributed by atoms with Crippen LogP contribution in [0.25, 0.3) is 0 Å². The zero-order valence-corrected chi connectivity index (χ0v) is 41.8. The summed E-state index contributed by atoms with van der Waals surface area (Å²) in [6.07, 6.45) is 37.2. The van der Waals surface area contributed by atoms with Crippen molar-refractivity contribution in [2.75, 3.05) is 19.8 Å². The number of aliphatic hydroxyl groups excluding tert-OH is 8. The molecule has 2 aliphatic rings. The van der Waals surface area contributed by atoms with E-state index in [9.17, 15) is 45.6 Å². The highest BCUT2D eigenvalue weighted by molar-refractivity contribution is 5.76. The minimum absolute atomic E-state index is 0.242. The average molecular weight is 974 g/mol. The third-order valence-corrected chi connectivity index (χ3v) is 12.1. The van der Waals surface area contributed by atoms with Gasteiger partial charge in [-0.2, -0.15) is 0 Å². The molecule has 12 atom stereocenters. The molecular formula is C55H91NO13. The predicted molar refractivity (Wildman–Crippen MR) is 272 cm³/mol. The van der Waals surface area contributed by atoms with Gasteiger partial charge in [0, 0.05) is 6.42 Å². The second-order valence-electron chi connectivity index (χ2n) is 17.9. The highest BCUT2D eigenvalue weighted by atomic mass is 16.7. The molecule has 0 aromatic heterocycles. The maximum Gasteiger partial charge on any atom is 0.220 e. The van der Waals surface area contributed by atoms with Gasteiger partial charge >= 0.3 is 0 Å². The van der Waals surface area contributed by atoms with Crippen LogP contribution in [0.5, 0.6) is 0 Å². The highest BCUT2D eigenvalue weighted by Gasteiger charge is 2.51. The Kier molecular flexibility index (Phi) is 36.4. The lowest BCUT2D eigenvalue weighted by molar-refractivity contribution is -0.359. The van der Waals surface area contributed by atoms with E-state index in [1.165, 1.54) is 25.7 Å². The van der Waals surface area contributed by atoms with Crippen molar-refractivity contribution in [3.8, 4) is 0 Å². The number of carbonyl (C=O) groups is 1. The molecule has 0 radical (unpaired) electrons. The molecule has 2 heterocycles. The molecule has 2 saturated heterocycles. The van der Waals surface area contributed by atoms with E-state index in [1.54, 1.807) is 0 Å². The molecule has 12 unspecified atom stereocenters. The van der Waals surface area contributed by atoms with E-state index in [-0.39, 0.29) is 18.9 Å². The van der Waals surface area contributed by atoms with E-state index in [2.05, 4.69) is 116 Å². The Bertz CT molecular complexity index is 1520. The zero-order chi connectivity index (χ0) is 50.3. The maximum absolute atomic E-state index is 13.1. The molecule has 9 N–H and O–H groups in total. The fraction of sp³-hybridized carbons (Fsp3) is 0.691. The van der Waals surface area contributed by atoms with Crippen LogP contribution in [0.1, 0.15) is 149 Å². The van der Waals surface area contributed by atoms with Crippen LogP contribution in [-0.2, 0) is 23.7 Å². The third kappa shape index (κ3) is 27.4. The number of amides is 1. The summed E-state index contributed by atoms with van der Waals surface area (Å²) >= 11 is 0. The SMILES string of the molecule is CC/C=C\C/C=C\C/C=C\C/C=C\C/C=C\C/C=C\C/C=C\C/C=C\CCCCC(=O)NC(COC1OC(CO)C(OC2OC(CO)C(O)C(O)C2O)C(O)C1O)C(O)CCCCCCCCCC. The van der Waals surface area contributed by atoms with Gasteiger partial charge in [-0.1, -0.05) is 162 Å². The number of unbranched alkanes of at least 4 members (excludes halogenated alkanes) is 9. The summed E-state index contributed by atoms with van der Waals surface area (Å²) in [6, 6.07) is -0.856. The first-order valence-corrected chi connectivity index (χ1v) is 26.0. The van der Waals surface area contributed by atoms with Gasteiger partial charge in [-0.25, -0.2) is 0 Å². The number of nitrogens with one attached hydrogen (secondary N) is 1. The molecule has 0 spiro atoms. The summed E-state index contributed by atoms with van der Waals surface area (Å²) in [5.41, 5.74) is 0. The van der Waals surface area contributed by atoms with Crippen LogP contribution in [0, 0.1) is 0 Å². The van der Waals surface area contributed by atoms with Gasteiger partial charge in [0.05, 0.1) is 32.0 Å². The Hall–Kier alpha value is -3.09. The number of hydrogen-bond donors (Lipinski definition) is 9. The van der Waals surface area contributed by atoms with Crippen molar-refractivity contribution < 1.29 is 64.6 Å². The number of ether oxygens (including phenoxy) is 4. The first kappa shape index (κ1) is 62.0. The summed E-state index contributed by atoms with van der Waals surface area (Å²) in [6.45, 7) is 2.63. The fourth-order valence-electron chi connectivity index (χ4n) is 7.84. The average Bonchev–Trinajstić information content (AvgIpc) is 3.35. The molecule has 0 aliphatic carbocycles. The smallest absolute Gasteiger partial charge is 0.220 e. The van der Waals surface area contributed by atoms with Crippen molar-refractivity contribution in [3.05, 3.63) is 97.2 Å². The molecule has 2 fully saturated rings. The van der Waals surface area contributed by atoms with Crippen molar-refractivity contribution in [3.63, 3.8) is 0 Å². The minimum atomic E-state index is -1.79. The molecule has 0 aromatic rings. The van der Waals surface area contributed by atoms with Gasteiger partial charge in [-0.3, -0.25) is 4.79 Å². The second kappa shape index (κ2) is 40.5. The fourth-order valence-corrected chi connectivity index (χ4v) is 7.84. The molecule has 14 heteroatoms. The van der Waals surface area contributed by atoms with Gasteiger partial charge < -0.3 is 65.1 Å². The largest absolute Gasteiger partial charge is 0.394 e. The van der Waals surface area contributed by atoms with Crippen LogP contribution >= 0.6 is 0 Å². The highest BCUT2D eigenvalue weighted by Crippen LogP contribution is 2.30. The first-order chi connectivity index (χ1) is 33.6. The number of aliphatic hydroxyl groups is 8. The summed E-state index contributed by atoms with van der Waals surface area (Å²) in [7, 11) is 0. The molecule has 0 saturated carbocycles. The monoisotopic (exact) mass is 974 g/mol. The van der Waals surface area contributed by atoms with Crippen molar-refractivity contribution >= 4 is 5.91 Å². The maximum atomic E-state index is 13.1. The Balaban J connectivity index is 1.75. The van der Waals surface area contributed by atoms with Crippen LogP contribution < -0.4 is 5.32 Å². The van der Waals surface area contributed by atoms with Crippen LogP contribution in [0.4, 0.5) is 0 Å². The molecule has 1 amide bonds. The lowest BCUT2D eigenvalue weighted by atomic mass is 9.97. The first-order valence-electron chi connectivity index (χ1n) is 26.0. The van der Waals surface area contributed by atoms with Crippen molar-refractivity contribution in [1.29, 1.82) is 0 Å². The van der Waals surface area contributed by atoms with Crippen LogP contribution in [0.3, 0.4) is 0 Å². The lowest BCUT2D eigenvalue weighted by Crippen LogP contribution is -2.65. The summed E-state index contributed by atoms with van der Waals surface area (Å²) in [5, 5.41) is 86.6. The predicted octanol–water partition coefficient (Wildman–Crippen LogP) is 7.15. The number of allylic oxidation sites excluding steroid dienone is 16. The quantitative estimate of drug-likeness (QED) is 0.0222. The van der Waals surface area contributed by atoms with E-state index in [0.29, 0.717) is 12.8 Å². The number of hydrogen-bond acceptors (Lipinski definition) is 13. The Morgan fingerprint density at radius 3 is 1.51 bits per heavy atom. The minimum Gasteiger partial charge on any atom is -0.394 e. The molecule has 0 aromatic carbocycles. The van der Waals surface area contributed by atoms with E-state index in [4.69, 9.17) is 18.9 Å². The summed E-state index contributed by atoms with van der Waals surface area (Å²) < 4.78 is 22.7. The van der Waals surface area contributed by atoms with Crippen LogP contribution in [-0.4, -0.2) is 140 Å². The number of carbonyl (C=O) groups excluding carboxylic acids is 1. The van der Waals surface area contributed by atoms with E-state index in [0.717, 1.165) is 89.9 Å². The van der Waals surface area contributed by atoms with Crippen molar-refractivity contribution in [1.82, 2.24) is 5.32 Å². The topological polar surface area (TPSA) is 228 Å². The Morgan fingerprint density at radius 1 is 0.536 bits per heavy atom. The van der Waals surface area contributed by atoms with Crippen LogP contribution in [0.15, 0.2) is 97.2 Å². The van der Waals surface area contributed by atoms with E-state index < -0.39 is 86.8 Å². The van der Waals surface area contributed by atoms with Gasteiger partial charge in [0.25, 0.3) is 0 Å². The van der Waals surface area contributed by atoms with Gasteiger partial charge in [-0.05, 0) is 77.0 Å². The lowest BCUT2D eigenvalue weighted by Gasteiger charge is -2.46. The molecule has 0 bridgehead atoms. The molecular weight excluding hydrogens is 883 g/mol. The normalized spacial score (nSPS) is 27.0. The number of rotatable bonds is 38. The Labute approximate surface area is 413 Å². The Morgan fingerprint density at radius 2 is 1.00 bits per heavy atom. The summed E-state index contributed by atoms with van der Waals surface area (Å²) in [4.78, 5) is 13.1. The van der Waals surface area contributed by atoms with Gasteiger partial charge in [-0.15, -0.1) is 0 Å². The van der Waals surface area contributed by atoms with E-state index in [1.807, 2.05) is 0 Å². The molecule has 14 nitrogen and oxygen atoms in total. The molecule has 394 valence electrons. The third-order valence-electron chi connectivity index (χ3n) is 12.1. The van der Waals surface area contributed by atoms with Crippen LogP contribution in [0.2, 0.25) is 0 Å². The van der Waals surface area contributed by atoms with Crippen molar-refractivity contribution in [2.45, 2.75) is 222 Å². The van der Waals surface area contributed by atoms with Gasteiger partial charge in [0.15, 0.2) is 12.6 Å². The van der Waals surface area contributed by atoms with Gasteiger partial charge in [0.2, 0.25) is 5.91 Å². The molecule has 2 rings (SSSR count). The zero-order valence-electron chi connectivity index (χ0n) is 41.8. The summed E-state index contributed by atoms with van der Waals surface area (Å²) in [5.74, 6) is -0.258. The molecule has 69 heavy (non-hydrogen) atoms. The standard InChI is InChI=1S/C55H91NO13/c1-3-5-7-9-11-13-14-15-16-17-18-19-20-21-22-23-24-25-26-27-28-29-30-31-33-35-37-39-47(60)56-43(44(59)38-36-34-32-12-10-8-6-4-2)42-66-54-52(65)50(63)53(46(41-58)68-54)69-55-51(64)49(62)48(61)45(40-57)67-55/h5,7,11,13,15-16,18-19,21-22,24-25,27-28,30-31,43-46,48-55,57-59,61-65H,3-4,6,8-10,12,14,17,20,23,26,29,32-42H2,1-2H3,(H,56,60)/b7-5-,13-11-,16-15-,19-18-,22-21-,25-24-,28-27-,31-30-. The molecule has 2 aliphatic heterocycles. The second-order valence-corrected chi connectivity index (χ2v) is 17.9. The van der Waals surface area contributed by atoms with Gasteiger partial charge in [0.1, 0.15) is 48.8 Å². The van der Waals surface area contributed by atoms with E-state index >= 15 is 0 Å². The van der Waals surface area contributed by atoms with Crippen molar-refractivity contribution in [2.24, 2.45) is 0 Å².